The van der Waals surface area contributed by atoms with Gasteiger partial charge in [-0.15, -0.1) is 11.3 Å². The molecule has 0 saturated carbocycles. The third-order valence-corrected chi connectivity index (χ3v) is 3.63. The quantitative estimate of drug-likeness (QED) is 0.429. The fourth-order valence-corrected chi connectivity index (χ4v) is 2.50. The highest BCUT2D eigenvalue weighted by Gasteiger charge is 2.12. The molecule has 2 N–H and O–H groups in total. The number of nitrogens with one attached hydrogen (secondary N) is 1. The van der Waals surface area contributed by atoms with E-state index in [2.05, 4.69) is 15.2 Å². The first kappa shape index (κ1) is 13.3. The minimum atomic E-state index is -0.429. The Hall–Kier alpha value is -2.67. The van der Waals surface area contributed by atoms with E-state index in [1.807, 2.05) is 17.5 Å². The molecule has 7 heteroatoms. The van der Waals surface area contributed by atoms with Gasteiger partial charge < -0.3 is 9.52 Å². The van der Waals surface area contributed by atoms with Crippen LogP contribution in [0.4, 0.5) is 0 Å². The zero-order chi connectivity index (χ0) is 14.7. The van der Waals surface area contributed by atoms with Crippen LogP contribution in [0.3, 0.4) is 0 Å². The van der Waals surface area contributed by atoms with Gasteiger partial charge in [-0.2, -0.15) is 5.10 Å². The number of furan rings is 1. The maximum absolute atomic E-state index is 12.0. The summed E-state index contributed by atoms with van der Waals surface area (Å²) in [6, 6.07) is 7.32. The molecule has 0 unspecified atom stereocenters. The molecule has 0 radical (unpaired) electrons. The molecule has 0 bridgehead atoms. The van der Waals surface area contributed by atoms with E-state index in [9.17, 15) is 9.90 Å². The van der Waals surface area contributed by atoms with Crippen molar-refractivity contribution in [3.8, 4) is 0 Å². The van der Waals surface area contributed by atoms with Crippen molar-refractivity contribution in [2.45, 2.75) is 6.42 Å². The molecule has 0 fully saturated rings. The lowest BCUT2D eigenvalue weighted by Gasteiger charge is -1.95. The topological polar surface area (TPSA) is 92.0 Å². The van der Waals surface area contributed by atoms with E-state index in [1.165, 1.54) is 6.33 Å². The Kier molecular flexibility index (Phi) is 3.65. The van der Waals surface area contributed by atoms with E-state index in [0.717, 1.165) is 11.0 Å². The highest BCUT2D eigenvalue weighted by Crippen LogP contribution is 2.18. The average molecular weight is 301 g/mol. The van der Waals surface area contributed by atoms with Crippen molar-refractivity contribution in [1.82, 2.24) is 15.2 Å². The second-order valence-electron chi connectivity index (χ2n) is 4.25. The van der Waals surface area contributed by atoms with Crippen LogP contribution in [0, 0.1) is 0 Å². The van der Waals surface area contributed by atoms with Crippen molar-refractivity contribution < 1.29 is 14.3 Å². The molecule has 3 rings (SSSR count). The number of aliphatic hydroxyl groups excluding tert-OH is 1. The summed E-state index contributed by atoms with van der Waals surface area (Å²) < 4.78 is 5.49. The number of allylic oxidation sites excluding steroid dienone is 1. The van der Waals surface area contributed by atoms with Crippen LogP contribution < -0.4 is 0 Å². The number of rotatable bonds is 5. The Bertz CT molecular complexity index is 757. The van der Waals surface area contributed by atoms with Crippen molar-refractivity contribution in [2.24, 2.45) is 0 Å². The summed E-state index contributed by atoms with van der Waals surface area (Å²) in [6.07, 6.45) is 2.94. The number of hydrogen-bond donors (Lipinski definition) is 2. The zero-order valence-corrected chi connectivity index (χ0v) is 11.6. The van der Waals surface area contributed by atoms with Gasteiger partial charge in [0, 0.05) is 17.4 Å². The van der Waals surface area contributed by atoms with Crippen molar-refractivity contribution >= 4 is 22.9 Å². The van der Waals surface area contributed by atoms with E-state index < -0.39 is 5.78 Å². The Balaban J connectivity index is 1.74. The molecule has 3 aromatic heterocycles. The number of carbonyl (C=O) groups is 1. The number of ketones is 1. The van der Waals surface area contributed by atoms with Gasteiger partial charge in [0.05, 0.1) is 0 Å². The van der Waals surface area contributed by atoms with Crippen LogP contribution in [0.25, 0.3) is 5.76 Å². The molecule has 0 aliphatic heterocycles. The molecule has 21 heavy (non-hydrogen) atoms. The maximum Gasteiger partial charge on any atom is 0.224 e. The standard InChI is InChI=1S/C14H11N3O3S/c18-11(7-12(19)14-15-8-16-17-14)13-4-3-9(20-13)6-10-2-1-5-21-10/h1-5,7-8,19H,6H2,(H,15,16,17)/b12-7-. The Morgan fingerprint density at radius 1 is 1.43 bits per heavy atom. The molecule has 0 aromatic carbocycles. The van der Waals surface area contributed by atoms with Gasteiger partial charge in [-0.1, -0.05) is 6.07 Å². The lowest BCUT2D eigenvalue weighted by molar-refractivity contribution is 0.101. The van der Waals surface area contributed by atoms with Crippen molar-refractivity contribution in [2.75, 3.05) is 0 Å². The van der Waals surface area contributed by atoms with Gasteiger partial charge in [0.15, 0.2) is 17.3 Å². The van der Waals surface area contributed by atoms with Crippen LogP contribution in [0.1, 0.15) is 27.0 Å². The van der Waals surface area contributed by atoms with Gasteiger partial charge in [-0.05, 0) is 23.6 Å². The molecule has 0 saturated heterocycles. The van der Waals surface area contributed by atoms with Gasteiger partial charge in [0.25, 0.3) is 0 Å². The van der Waals surface area contributed by atoms with Crippen molar-refractivity contribution in [3.05, 3.63) is 64.3 Å². The molecule has 3 heterocycles. The highest BCUT2D eigenvalue weighted by molar-refractivity contribution is 7.09. The summed E-state index contributed by atoms with van der Waals surface area (Å²) >= 11 is 1.63. The zero-order valence-electron chi connectivity index (χ0n) is 10.8. The number of carbonyl (C=O) groups excluding carboxylic acids is 1. The number of aliphatic hydroxyl groups is 1. The first-order valence-electron chi connectivity index (χ1n) is 6.14. The van der Waals surface area contributed by atoms with E-state index in [-0.39, 0.29) is 17.3 Å². The number of aromatic amines is 1. The molecule has 3 aromatic rings. The second-order valence-corrected chi connectivity index (χ2v) is 5.28. The average Bonchev–Trinajstić information content (AvgIpc) is 3.22. The summed E-state index contributed by atoms with van der Waals surface area (Å²) in [5.41, 5.74) is 0. The summed E-state index contributed by atoms with van der Waals surface area (Å²) in [5, 5.41) is 17.8. The number of aromatic nitrogens is 3. The summed E-state index contributed by atoms with van der Waals surface area (Å²) in [7, 11) is 0. The fraction of sp³-hybridized carbons (Fsp3) is 0.0714. The first-order chi connectivity index (χ1) is 10.2. The normalized spacial score (nSPS) is 11.7. The van der Waals surface area contributed by atoms with Crippen LogP contribution in [0.2, 0.25) is 0 Å². The number of H-pyrrole nitrogens is 1. The van der Waals surface area contributed by atoms with Crippen molar-refractivity contribution in [1.29, 1.82) is 0 Å². The summed E-state index contributed by atoms with van der Waals surface area (Å²) in [4.78, 5) is 16.9. The summed E-state index contributed by atoms with van der Waals surface area (Å²) in [5.74, 6) is 0.296. The third kappa shape index (κ3) is 3.09. The van der Waals surface area contributed by atoms with E-state index >= 15 is 0 Å². The van der Waals surface area contributed by atoms with E-state index in [0.29, 0.717) is 12.2 Å². The molecule has 0 atom stereocenters. The van der Waals surface area contributed by atoms with Gasteiger partial charge in [0.2, 0.25) is 5.78 Å². The molecule has 6 nitrogen and oxygen atoms in total. The lowest BCUT2D eigenvalue weighted by atomic mass is 10.2. The van der Waals surface area contributed by atoms with Crippen LogP contribution in [0.15, 0.2) is 46.5 Å². The first-order valence-corrected chi connectivity index (χ1v) is 7.02. The predicted octanol–water partition coefficient (Wildman–Crippen LogP) is 2.83. The summed E-state index contributed by atoms with van der Waals surface area (Å²) in [6.45, 7) is 0. The molecule has 0 aliphatic carbocycles. The minimum Gasteiger partial charge on any atom is -0.504 e. The third-order valence-electron chi connectivity index (χ3n) is 2.76. The number of hydrogen-bond acceptors (Lipinski definition) is 6. The molecule has 0 spiro atoms. The Labute approximate surface area is 123 Å². The Morgan fingerprint density at radius 2 is 2.33 bits per heavy atom. The van der Waals surface area contributed by atoms with E-state index in [4.69, 9.17) is 4.42 Å². The molecular weight excluding hydrogens is 290 g/mol. The minimum absolute atomic E-state index is 0.133. The fourth-order valence-electron chi connectivity index (χ4n) is 1.78. The van der Waals surface area contributed by atoms with E-state index in [1.54, 1.807) is 23.5 Å². The largest absolute Gasteiger partial charge is 0.504 e. The van der Waals surface area contributed by atoms with Crippen LogP contribution >= 0.6 is 11.3 Å². The van der Waals surface area contributed by atoms with Crippen LogP contribution in [-0.4, -0.2) is 26.1 Å². The predicted molar refractivity (Wildman–Crippen MR) is 77.2 cm³/mol. The second kappa shape index (κ2) is 5.76. The lowest BCUT2D eigenvalue weighted by Crippen LogP contribution is -1.96. The smallest absolute Gasteiger partial charge is 0.224 e. The molecule has 0 amide bonds. The van der Waals surface area contributed by atoms with Gasteiger partial charge in [-0.3, -0.25) is 9.89 Å². The molecule has 0 aliphatic rings. The SMILES string of the molecule is O=C(/C=C(\O)c1ncn[nH]1)c1ccc(Cc2cccs2)o1. The Morgan fingerprint density at radius 3 is 3.05 bits per heavy atom. The van der Waals surface area contributed by atoms with Crippen LogP contribution in [0.5, 0.6) is 0 Å². The molecule has 106 valence electrons. The van der Waals surface area contributed by atoms with Crippen LogP contribution in [-0.2, 0) is 6.42 Å². The molecular formula is C14H11N3O3S. The maximum atomic E-state index is 12.0. The number of thiophene rings is 1. The monoisotopic (exact) mass is 301 g/mol. The van der Waals surface area contributed by atoms with Gasteiger partial charge in [0.1, 0.15) is 12.1 Å². The number of nitrogens with zero attached hydrogens (tertiary/aromatic N) is 2. The van der Waals surface area contributed by atoms with Gasteiger partial charge >= 0.3 is 0 Å². The van der Waals surface area contributed by atoms with Crippen molar-refractivity contribution in [3.63, 3.8) is 0 Å². The van der Waals surface area contributed by atoms with Gasteiger partial charge in [-0.25, -0.2) is 4.98 Å². The highest BCUT2D eigenvalue weighted by atomic mass is 32.1.